The highest BCUT2D eigenvalue weighted by Gasteiger charge is 2.08. The number of benzene rings is 1. The second kappa shape index (κ2) is 6.34. The molecule has 2 rings (SSSR count). The van der Waals surface area contributed by atoms with Crippen LogP contribution in [-0.4, -0.2) is 16.4 Å². The molecular weight excluding hydrogens is 234 g/mol. The number of hydrogen-bond acceptors (Lipinski definition) is 3. The van der Waals surface area contributed by atoms with Gasteiger partial charge in [0.2, 0.25) is 0 Å². The normalized spacial score (nSPS) is 10.9. The molecule has 0 spiro atoms. The summed E-state index contributed by atoms with van der Waals surface area (Å²) in [6.45, 7) is 7.02. The molecule has 0 bridgehead atoms. The molecule has 100 valence electrons. The molecule has 0 saturated heterocycles. The van der Waals surface area contributed by atoms with Crippen molar-refractivity contribution in [1.82, 2.24) is 9.88 Å². The Morgan fingerprint density at radius 3 is 2.63 bits per heavy atom. The molecule has 1 heterocycles. The van der Waals surface area contributed by atoms with Gasteiger partial charge in [-0.05, 0) is 42.8 Å². The number of nitrogens with two attached hydrogens (primary N) is 1. The van der Waals surface area contributed by atoms with E-state index in [1.807, 2.05) is 30.5 Å². The van der Waals surface area contributed by atoms with E-state index in [0.717, 1.165) is 31.0 Å². The van der Waals surface area contributed by atoms with Crippen LogP contribution < -0.4 is 5.73 Å². The highest BCUT2D eigenvalue weighted by Crippen LogP contribution is 2.18. The highest BCUT2D eigenvalue weighted by molar-refractivity contribution is 5.49. The number of anilines is 1. The van der Waals surface area contributed by atoms with Gasteiger partial charge in [0.1, 0.15) is 0 Å². The van der Waals surface area contributed by atoms with E-state index in [0.29, 0.717) is 0 Å². The SMILES string of the molecule is CCN(Cc1ccccn1)Cc1cccc(N)c1C. The topological polar surface area (TPSA) is 42.2 Å². The molecule has 0 fully saturated rings. The van der Waals surface area contributed by atoms with Crippen molar-refractivity contribution in [2.24, 2.45) is 0 Å². The number of nitrogens with zero attached hydrogens (tertiary/aromatic N) is 2. The van der Waals surface area contributed by atoms with Crippen LogP contribution >= 0.6 is 0 Å². The number of rotatable bonds is 5. The number of nitrogen functional groups attached to an aromatic ring is 1. The summed E-state index contributed by atoms with van der Waals surface area (Å²) in [5, 5.41) is 0. The summed E-state index contributed by atoms with van der Waals surface area (Å²) in [5.74, 6) is 0. The van der Waals surface area contributed by atoms with E-state index >= 15 is 0 Å². The Morgan fingerprint density at radius 2 is 1.95 bits per heavy atom. The quantitative estimate of drug-likeness (QED) is 0.835. The Bertz CT molecular complexity index is 523. The van der Waals surface area contributed by atoms with Crippen LogP contribution in [0.15, 0.2) is 42.6 Å². The van der Waals surface area contributed by atoms with E-state index in [1.54, 1.807) is 0 Å². The summed E-state index contributed by atoms with van der Waals surface area (Å²) in [6.07, 6.45) is 1.84. The predicted octanol–water partition coefficient (Wildman–Crippen LogP) is 2.99. The number of hydrogen-bond donors (Lipinski definition) is 1. The molecule has 19 heavy (non-hydrogen) atoms. The van der Waals surface area contributed by atoms with E-state index in [-0.39, 0.29) is 0 Å². The van der Waals surface area contributed by atoms with Crippen LogP contribution in [0.2, 0.25) is 0 Å². The molecular formula is C16H21N3. The first-order valence-corrected chi connectivity index (χ1v) is 6.67. The predicted molar refractivity (Wildman–Crippen MR) is 79.6 cm³/mol. The van der Waals surface area contributed by atoms with Crippen molar-refractivity contribution in [3.63, 3.8) is 0 Å². The van der Waals surface area contributed by atoms with Crippen molar-refractivity contribution in [3.05, 3.63) is 59.4 Å². The zero-order valence-corrected chi connectivity index (χ0v) is 11.6. The van der Waals surface area contributed by atoms with Crippen LogP contribution in [0.3, 0.4) is 0 Å². The smallest absolute Gasteiger partial charge is 0.0544 e. The molecule has 1 aromatic carbocycles. The summed E-state index contributed by atoms with van der Waals surface area (Å²) < 4.78 is 0. The lowest BCUT2D eigenvalue weighted by Crippen LogP contribution is -2.23. The van der Waals surface area contributed by atoms with Gasteiger partial charge in [-0.2, -0.15) is 0 Å². The second-order valence-electron chi connectivity index (χ2n) is 4.76. The van der Waals surface area contributed by atoms with Gasteiger partial charge < -0.3 is 5.73 Å². The van der Waals surface area contributed by atoms with Crippen molar-refractivity contribution in [1.29, 1.82) is 0 Å². The van der Waals surface area contributed by atoms with Crippen LogP contribution in [0.25, 0.3) is 0 Å². The summed E-state index contributed by atoms with van der Waals surface area (Å²) in [5.41, 5.74) is 10.4. The minimum Gasteiger partial charge on any atom is -0.399 e. The van der Waals surface area contributed by atoms with E-state index in [9.17, 15) is 0 Å². The highest BCUT2D eigenvalue weighted by atomic mass is 15.1. The van der Waals surface area contributed by atoms with Gasteiger partial charge in [-0.15, -0.1) is 0 Å². The Labute approximate surface area is 115 Å². The first kappa shape index (κ1) is 13.6. The molecule has 0 unspecified atom stereocenters. The lowest BCUT2D eigenvalue weighted by molar-refractivity contribution is 0.267. The molecule has 0 amide bonds. The standard InChI is InChI=1S/C16H21N3/c1-3-19(12-15-8-4-5-10-18-15)11-14-7-6-9-16(17)13(14)2/h4-10H,3,11-12,17H2,1-2H3. The molecule has 2 N–H and O–H groups in total. The monoisotopic (exact) mass is 255 g/mol. The van der Waals surface area contributed by atoms with Gasteiger partial charge in [-0.1, -0.05) is 25.1 Å². The minimum atomic E-state index is 0.867. The molecule has 0 aliphatic heterocycles. The summed E-state index contributed by atoms with van der Waals surface area (Å²) >= 11 is 0. The van der Waals surface area contributed by atoms with Gasteiger partial charge in [0.15, 0.2) is 0 Å². The van der Waals surface area contributed by atoms with Gasteiger partial charge in [0.05, 0.1) is 5.69 Å². The minimum absolute atomic E-state index is 0.867. The van der Waals surface area contributed by atoms with Crippen molar-refractivity contribution < 1.29 is 0 Å². The van der Waals surface area contributed by atoms with E-state index in [2.05, 4.69) is 35.9 Å². The molecule has 0 radical (unpaired) electrons. The van der Waals surface area contributed by atoms with Crippen molar-refractivity contribution in [2.75, 3.05) is 12.3 Å². The summed E-state index contributed by atoms with van der Waals surface area (Å²) in [4.78, 5) is 6.75. The van der Waals surface area contributed by atoms with Gasteiger partial charge in [-0.3, -0.25) is 9.88 Å². The first-order valence-electron chi connectivity index (χ1n) is 6.67. The van der Waals surface area contributed by atoms with Gasteiger partial charge >= 0.3 is 0 Å². The average molecular weight is 255 g/mol. The second-order valence-corrected chi connectivity index (χ2v) is 4.76. The molecule has 0 saturated carbocycles. The lowest BCUT2D eigenvalue weighted by atomic mass is 10.1. The molecule has 0 aliphatic rings. The molecule has 2 aromatic rings. The Hall–Kier alpha value is -1.87. The maximum absolute atomic E-state index is 5.96. The van der Waals surface area contributed by atoms with E-state index in [4.69, 9.17) is 5.73 Å². The third-order valence-electron chi connectivity index (χ3n) is 3.44. The molecule has 1 aromatic heterocycles. The number of aromatic nitrogens is 1. The zero-order chi connectivity index (χ0) is 13.7. The zero-order valence-electron chi connectivity index (χ0n) is 11.6. The Balaban J connectivity index is 2.09. The molecule has 3 nitrogen and oxygen atoms in total. The summed E-state index contributed by atoms with van der Waals surface area (Å²) in [7, 11) is 0. The van der Waals surface area contributed by atoms with E-state index in [1.165, 1.54) is 11.1 Å². The molecule has 0 aliphatic carbocycles. The van der Waals surface area contributed by atoms with Crippen molar-refractivity contribution in [2.45, 2.75) is 26.9 Å². The van der Waals surface area contributed by atoms with Crippen LogP contribution in [-0.2, 0) is 13.1 Å². The van der Waals surface area contributed by atoms with Crippen LogP contribution in [0, 0.1) is 6.92 Å². The van der Waals surface area contributed by atoms with E-state index < -0.39 is 0 Å². The van der Waals surface area contributed by atoms with Crippen molar-refractivity contribution in [3.8, 4) is 0 Å². The van der Waals surface area contributed by atoms with Gasteiger partial charge in [-0.25, -0.2) is 0 Å². The largest absolute Gasteiger partial charge is 0.399 e. The van der Waals surface area contributed by atoms with Crippen LogP contribution in [0.4, 0.5) is 5.69 Å². The number of pyridine rings is 1. The van der Waals surface area contributed by atoms with Crippen LogP contribution in [0.1, 0.15) is 23.7 Å². The fourth-order valence-corrected chi connectivity index (χ4v) is 2.12. The van der Waals surface area contributed by atoms with Gasteiger partial charge in [0, 0.05) is 25.0 Å². The Morgan fingerprint density at radius 1 is 1.11 bits per heavy atom. The fraction of sp³-hybridized carbons (Fsp3) is 0.312. The third-order valence-corrected chi connectivity index (χ3v) is 3.44. The fourth-order valence-electron chi connectivity index (χ4n) is 2.12. The average Bonchev–Trinajstić information content (AvgIpc) is 2.44. The molecule has 3 heteroatoms. The third kappa shape index (κ3) is 3.55. The lowest BCUT2D eigenvalue weighted by Gasteiger charge is -2.21. The Kier molecular flexibility index (Phi) is 4.53. The van der Waals surface area contributed by atoms with Crippen LogP contribution in [0.5, 0.6) is 0 Å². The maximum Gasteiger partial charge on any atom is 0.0544 e. The van der Waals surface area contributed by atoms with Crippen molar-refractivity contribution >= 4 is 5.69 Å². The maximum atomic E-state index is 5.96. The van der Waals surface area contributed by atoms with Gasteiger partial charge in [0.25, 0.3) is 0 Å². The summed E-state index contributed by atoms with van der Waals surface area (Å²) in [6, 6.07) is 12.2. The molecule has 0 atom stereocenters. The first-order chi connectivity index (χ1) is 9.20.